The molecule has 0 saturated carbocycles. The third-order valence-electron chi connectivity index (χ3n) is 4.76. The first-order chi connectivity index (χ1) is 12.8. The van der Waals surface area contributed by atoms with Gasteiger partial charge in [0.15, 0.2) is 0 Å². The minimum atomic E-state index is 0.394. The van der Waals surface area contributed by atoms with Crippen LogP contribution in [0.5, 0.6) is 5.75 Å². The number of hydrogen-bond acceptors (Lipinski definition) is 6. The highest BCUT2D eigenvalue weighted by Crippen LogP contribution is 2.36. The summed E-state index contributed by atoms with van der Waals surface area (Å²) in [6, 6.07) is 8.29. The molecule has 1 aliphatic rings. The molecule has 1 fully saturated rings. The van der Waals surface area contributed by atoms with Gasteiger partial charge in [-0.3, -0.25) is 4.90 Å². The summed E-state index contributed by atoms with van der Waals surface area (Å²) in [5, 5.41) is 3.25. The van der Waals surface area contributed by atoms with Gasteiger partial charge in [-0.05, 0) is 45.4 Å². The van der Waals surface area contributed by atoms with Crippen molar-refractivity contribution in [3.05, 3.63) is 52.3 Å². The van der Waals surface area contributed by atoms with Gasteiger partial charge < -0.3 is 9.15 Å². The van der Waals surface area contributed by atoms with Crippen molar-refractivity contribution in [2.75, 3.05) is 13.2 Å². The van der Waals surface area contributed by atoms with Gasteiger partial charge in [0, 0.05) is 18.1 Å². The third-order valence-corrected chi connectivity index (χ3v) is 5.64. The number of rotatable bonds is 6. The topological polar surface area (TPSA) is 51.4 Å². The molecule has 6 heteroatoms. The largest absolute Gasteiger partial charge is 0.493 e. The second-order valence-electron chi connectivity index (χ2n) is 6.45. The van der Waals surface area contributed by atoms with Crippen LogP contribution in [0.25, 0.3) is 11.5 Å². The molecule has 3 aromatic rings. The highest BCUT2D eigenvalue weighted by atomic mass is 32.1. The van der Waals surface area contributed by atoms with Crippen LogP contribution < -0.4 is 4.74 Å². The summed E-state index contributed by atoms with van der Waals surface area (Å²) in [5.74, 6) is 2.31. The van der Waals surface area contributed by atoms with E-state index in [1.165, 1.54) is 11.4 Å². The normalized spacial score (nSPS) is 17.7. The molecule has 0 bridgehead atoms. The standard InChI is InChI=1S/C20H23N3O2S/c1-3-24-18-9-5-4-7-15(18)19-22-16(14(2)25-19)13-23-11-6-8-17(23)20-21-10-12-26-20/h4-5,7,9-10,12,17H,3,6,8,11,13H2,1-2H3/t17-/m0/s1. The molecule has 2 aromatic heterocycles. The molecule has 26 heavy (non-hydrogen) atoms. The van der Waals surface area contributed by atoms with E-state index in [0.29, 0.717) is 18.5 Å². The third kappa shape index (κ3) is 3.39. The number of likely N-dealkylation sites (tertiary alicyclic amines) is 1. The number of aryl methyl sites for hydroxylation is 1. The Morgan fingerprint density at radius 1 is 1.35 bits per heavy atom. The van der Waals surface area contributed by atoms with Gasteiger partial charge in [-0.2, -0.15) is 0 Å². The average molecular weight is 369 g/mol. The monoisotopic (exact) mass is 369 g/mol. The summed E-state index contributed by atoms with van der Waals surface area (Å²) >= 11 is 1.74. The number of thiazole rings is 1. The molecule has 1 saturated heterocycles. The van der Waals surface area contributed by atoms with Gasteiger partial charge in [-0.15, -0.1) is 11.3 Å². The van der Waals surface area contributed by atoms with E-state index in [0.717, 1.165) is 42.3 Å². The van der Waals surface area contributed by atoms with Crippen LogP contribution in [-0.2, 0) is 6.54 Å². The van der Waals surface area contributed by atoms with E-state index in [1.54, 1.807) is 11.3 Å². The van der Waals surface area contributed by atoms with Gasteiger partial charge >= 0.3 is 0 Å². The van der Waals surface area contributed by atoms with Crippen molar-refractivity contribution in [3.63, 3.8) is 0 Å². The number of benzene rings is 1. The fourth-order valence-electron chi connectivity index (χ4n) is 3.50. The van der Waals surface area contributed by atoms with Crippen LogP contribution in [0.1, 0.15) is 42.3 Å². The van der Waals surface area contributed by atoms with Gasteiger partial charge in [-0.25, -0.2) is 9.97 Å². The van der Waals surface area contributed by atoms with Crippen molar-refractivity contribution in [1.29, 1.82) is 0 Å². The lowest BCUT2D eigenvalue weighted by molar-refractivity contribution is 0.244. The van der Waals surface area contributed by atoms with E-state index in [2.05, 4.69) is 15.3 Å². The van der Waals surface area contributed by atoms with Crippen LogP contribution in [-0.4, -0.2) is 28.0 Å². The Morgan fingerprint density at radius 3 is 3.04 bits per heavy atom. The molecule has 3 heterocycles. The second kappa shape index (κ2) is 7.60. The van der Waals surface area contributed by atoms with Gasteiger partial charge in [0.25, 0.3) is 0 Å². The zero-order valence-electron chi connectivity index (χ0n) is 15.1. The lowest BCUT2D eigenvalue weighted by Gasteiger charge is -2.21. The molecule has 136 valence electrons. The zero-order chi connectivity index (χ0) is 17.9. The van der Waals surface area contributed by atoms with Crippen molar-refractivity contribution >= 4 is 11.3 Å². The number of oxazole rings is 1. The molecule has 0 N–H and O–H groups in total. The molecule has 0 aliphatic carbocycles. The van der Waals surface area contributed by atoms with Crippen LogP contribution in [0.3, 0.4) is 0 Å². The molecular weight excluding hydrogens is 346 g/mol. The van der Waals surface area contributed by atoms with Crippen LogP contribution in [0.2, 0.25) is 0 Å². The summed E-state index contributed by atoms with van der Waals surface area (Å²) in [7, 11) is 0. The molecular formula is C20H23N3O2S. The Morgan fingerprint density at radius 2 is 2.23 bits per heavy atom. The van der Waals surface area contributed by atoms with Crippen molar-refractivity contribution in [1.82, 2.24) is 14.9 Å². The maximum Gasteiger partial charge on any atom is 0.230 e. The average Bonchev–Trinajstić information content (AvgIpc) is 3.38. The van der Waals surface area contributed by atoms with Crippen LogP contribution >= 0.6 is 11.3 Å². The first-order valence-corrected chi connectivity index (χ1v) is 9.96. The van der Waals surface area contributed by atoms with Gasteiger partial charge in [0.05, 0.1) is 23.9 Å². The maximum atomic E-state index is 5.99. The first-order valence-electron chi connectivity index (χ1n) is 9.08. The Bertz CT molecular complexity index is 860. The first kappa shape index (κ1) is 17.2. The van der Waals surface area contributed by atoms with Crippen molar-refractivity contribution in [3.8, 4) is 17.2 Å². The van der Waals surface area contributed by atoms with Crippen molar-refractivity contribution in [2.24, 2.45) is 0 Å². The number of aromatic nitrogens is 2. The van der Waals surface area contributed by atoms with E-state index < -0.39 is 0 Å². The molecule has 0 radical (unpaired) electrons. The summed E-state index contributed by atoms with van der Waals surface area (Å²) in [6.07, 6.45) is 4.24. The molecule has 1 aromatic carbocycles. The van der Waals surface area contributed by atoms with E-state index in [-0.39, 0.29) is 0 Å². The van der Waals surface area contributed by atoms with Crippen LogP contribution in [0, 0.1) is 6.92 Å². The minimum absolute atomic E-state index is 0.394. The molecule has 4 rings (SSSR count). The van der Waals surface area contributed by atoms with E-state index in [9.17, 15) is 0 Å². The second-order valence-corrected chi connectivity index (χ2v) is 7.38. The fourth-order valence-corrected chi connectivity index (χ4v) is 4.31. The molecule has 1 atom stereocenters. The van der Waals surface area contributed by atoms with E-state index in [4.69, 9.17) is 14.1 Å². The van der Waals surface area contributed by atoms with Crippen molar-refractivity contribution in [2.45, 2.75) is 39.3 Å². The van der Waals surface area contributed by atoms with Crippen LogP contribution in [0.4, 0.5) is 0 Å². The lowest BCUT2D eigenvalue weighted by atomic mass is 10.2. The molecule has 0 amide bonds. The summed E-state index contributed by atoms with van der Waals surface area (Å²) in [6.45, 7) is 6.45. The molecule has 5 nitrogen and oxygen atoms in total. The summed E-state index contributed by atoms with van der Waals surface area (Å²) < 4.78 is 11.7. The summed E-state index contributed by atoms with van der Waals surface area (Å²) in [5.41, 5.74) is 1.90. The predicted molar refractivity (Wildman–Crippen MR) is 102 cm³/mol. The van der Waals surface area contributed by atoms with Gasteiger partial charge in [-0.1, -0.05) is 12.1 Å². The van der Waals surface area contributed by atoms with Crippen LogP contribution in [0.15, 0.2) is 40.3 Å². The number of nitrogens with zero attached hydrogens (tertiary/aromatic N) is 3. The smallest absolute Gasteiger partial charge is 0.230 e. The molecule has 1 aliphatic heterocycles. The predicted octanol–water partition coefficient (Wildman–Crippen LogP) is 4.84. The SMILES string of the molecule is CCOc1ccccc1-c1nc(CN2CCC[C@H]2c2nccs2)c(C)o1. The number of ether oxygens (including phenoxy) is 1. The van der Waals surface area contributed by atoms with Gasteiger partial charge in [0.1, 0.15) is 16.5 Å². The highest BCUT2D eigenvalue weighted by Gasteiger charge is 2.29. The summed E-state index contributed by atoms with van der Waals surface area (Å²) in [4.78, 5) is 11.8. The number of hydrogen-bond donors (Lipinski definition) is 0. The maximum absolute atomic E-state index is 5.99. The Kier molecular flexibility index (Phi) is 5.04. The quantitative estimate of drug-likeness (QED) is 0.622. The Hall–Kier alpha value is -2.18. The van der Waals surface area contributed by atoms with E-state index >= 15 is 0 Å². The Labute approximate surface area is 157 Å². The number of para-hydroxylation sites is 1. The van der Waals surface area contributed by atoms with Crippen molar-refractivity contribution < 1.29 is 9.15 Å². The van der Waals surface area contributed by atoms with Gasteiger partial charge in [0.2, 0.25) is 5.89 Å². The highest BCUT2D eigenvalue weighted by molar-refractivity contribution is 7.09. The molecule has 0 unspecified atom stereocenters. The Balaban J connectivity index is 1.58. The zero-order valence-corrected chi connectivity index (χ0v) is 16.0. The minimum Gasteiger partial charge on any atom is -0.493 e. The lowest BCUT2D eigenvalue weighted by Crippen LogP contribution is -2.23. The molecule has 0 spiro atoms. The fraction of sp³-hybridized carbons (Fsp3) is 0.400. The van der Waals surface area contributed by atoms with E-state index in [1.807, 2.05) is 44.3 Å².